The molecule has 1 aromatic heterocycles. The summed E-state index contributed by atoms with van der Waals surface area (Å²) >= 11 is 0. The number of fused-ring (bicyclic) bond motifs is 1. The lowest BCUT2D eigenvalue weighted by Gasteiger charge is -2.26. The summed E-state index contributed by atoms with van der Waals surface area (Å²) in [4.78, 5) is 2.33. The minimum atomic E-state index is 0.503. The highest BCUT2D eigenvalue weighted by Gasteiger charge is 2.16. The molecule has 0 aliphatic carbocycles. The SMILES string of the molecule is NCc1ccccc1OCCN1CCn2cnnc2C1. The molecular formula is C14H19N5O. The van der Waals surface area contributed by atoms with Crippen LogP contribution < -0.4 is 10.5 Å². The second kappa shape index (κ2) is 6.02. The van der Waals surface area contributed by atoms with E-state index in [0.717, 1.165) is 43.3 Å². The topological polar surface area (TPSA) is 69.2 Å². The number of nitrogens with two attached hydrogens (primary N) is 1. The van der Waals surface area contributed by atoms with Crippen LogP contribution in [0.5, 0.6) is 5.75 Å². The molecule has 2 N–H and O–H groups in total. The molecule has 6 nitrogen and oxygen atoms in total. The van der Waals surface area contributed by atoms with Crippen molar-refractivity contribution >= 4 is 0 Å². The van der Waals surface area contributed by atoms with Crippen molar-refractivity contribution in [3.8, 4) is 5.75 Å². The standard InChI is InChI=1S/C14H19N5O/c15-9-12-3-1-2-4-13(12)20-8-7-18-5-6-19-11-16-17-14(19)10-18/h1-4,11H,5-10,15H2. The van der Waals surface area contributed by atoms with Crippen molar-refractivity contribution in [2.75, 3.05) is 19.7 Å². The molecule has 1 aliphatic rings. The van der Waals surface area contributed by atoms with Crippen molar-refractivity contribution < 1.29 is 4.74 Å². The lowest BCUT2D eigenvalue weighted by atomic mass is 10.2. The summed E-state index contributed by atoms with van der Waals surface area (Å²) in [5, 5.41) is 8.04. The van der Waals surface area contributed by atoms with Gasteiger partial charge in [0.1, 0.15) is 24.5 Å². The molecule has 0 saturated carbocycles. The number of ether oxygens (including phenoxy) is 1. The van der Waals surface area contributed by atoms with E-state index in [1.807, 2.05) is 24.3 Å². The van der Waals surface area contributed by atoms with Crippen LogP contribution in [0.4, 0.5) is 0 Å². The second-order valence-electron chi connectivity index (χ2n) is 4.88. The van der Waals surface area contributed by atoms with Gasteiger partial charge in [0.25, 0.3) is 0 Å². The maximum absolute atomic E-state index is 5.84. The fourth-order valence-electron chi connectivity index (χ4n) is 2.41. The van der Waals surface area contributed by atoms with Crippen LogP contribution in [0.1, 0.15) is 11.4 Å². The van der Waals surface area contributed by atoms with Crippen molar-refractivity contribution in [3.05, 3.63) is 42.0 Å². The molecule has 20 heavy (non-hydrogen) atoms. The van der Waals surface area contributed by atoms with Gasteiger partial charge in [0.05, 0.1) is 6.54 Å². The van der Waals surface area contributed by atoms with Crippen molar-refractivity contribution in [3.63, 3.8) is 0 Å². The Kier molecular flexibility index (Phi) is 3.94. The van der Waals surface area contributed by atoms with Gasteiger partial charge in [-0.15, -0.1) is 10.2 Å². The summed E-state index contributed by atoms with van der Waals surface area (Å²) in [6.45, 7) is 4.83. The first-order valence-electron chi connectivity index (χ1n) is 6.86. The minimum absolute atomic E-state index is 0.503. The molecule has 3 rings (SSSR count). The van der Waals surface area contributed by atoms with Gasteiger partial charge in [-0.3, -0.25) is 4.90 Å². The van der Waals surface area contributed by atoms with E-state index in [4.69, 9.17) is 10.5 Å². The van der Waals surface area contributed by atoms with E-state index in [-0.39, 0.29) is 0 Å². The second-order valence-corrected chi connectivity index (χ2v) is 4.88. The Morgan fingerprint density at radius 2 is 2.15 bits per heavy atom. The van der Waals surface area contributed by atoms with E-state index in [1.54, 1.807) is 6.33 Å². The number of rotatable bonds is 5. The van der Waals surface area contributed by atoms with E-state index in [9.17, 15) is 0 Å². The lowest BCUT2D eigenvalue weighted by molar-refractivity contribution is 0.174. The molecule has 0 amide bonds. The van der Waals surface area contributed by atoms with Gasteiger partial charge < -0.3 is 15.0 Å². The van der Waals surface area contributed by atoms with Gasteiger partial charge in [-0.05, 0) is 6.07 Å². The van der Waals surface area contributed by atoms with Crippen LogP contribution in [0.2, 0.25) is 0 Å². The minimum Gasteiger partial charge on any atom is -0.492 e. The summed E-state index contributed by atoms with van der Waals surface area (Å²) in [6, 6.07) is 7.91. The van der Waals surface area contributed by atoms with Gasteiger partial charge in [0, 0.05) is 31.7 Å². The summed E-state index contributed by atoms with van der Waals surface area (Å²) < 4.78 is 7.93. The van der Waals surface area contributed by atoms with Crippen molar-refractivity contribution in [2.45, 2.75) is 19.6 Å². The first-order valence-corrected chi connectivity index (χ1v) is 6.86. The van der Waals surface area contributed by atoms with Crippen LogP contribution in [-0.4, -0.2) is 39.4 Å². The third-order valence-corrected chi connectivity index (χ3v) is 3.58. The van der Waals surface area contributed by atoms with Crippen LogP contribution >= 0.6 is 0 Å². The van der Waals surface area contributed by atoms with Crippen molar-refractivity contribution in [1.82, 2.24) is 19.7 Å². The number of para-hydroxylation sites is 1. The van der Waals surface area contributed by atoms with Gasteiger partial charge in [-0.2, -0.15) is 0 Å². The Bertz CT molecular complexity index is 568. The lowest BCUT2D eigenvalue weighted by Crippen LogP contribution is -2.36. The highest BCUT2D eigenvalue weighted by atomic mass is 16.5. The molecule has 1 aromatic carbocycles. The molecule has 0 saturated heterocycles. The maximum Gasteiger partial charge on any atom is 0.147 e. The Labute approximate surface area is 118 Å². The molecule has 0 atom stereocenters. The molecule has 0 fully saturated rings. The van der Waals surface area contributed by atoms with Gasteiger partial charge in [0.2, 0.25) is 0 Å². The van der Waals surface area contributed by atoms with E-state index < -0.39 is 0 Å². The fraction of sp³-hybridized carbons (Fsp3) is 0.429. The average molecular weight is 273 g/mol. The van der Waals surface area contributed by atoms with Gasteiger partial charge >= 0.3 is 0 Å². The predicted molar refractivity (Wildman–Crippen MR) is 75.1 cm³/mol. The van der Waals surface area contributed by atoms with Crippen LogP contribution in [-0.2, 0) is 19.6 Å². The quantitative estimate of drug-likeness (QED) is 0.865. The Morgan fingerprint density at radius 3 is 3.05 bits per heavy atom. The number of hydrogen-bond acceptors (Lipinski definition) is 5. The van der Waals surface area contributed by atoms with Gasteiger partial charge in [-0.25, -0.2) is 0 Å². The van der Waals surface area contributed by atoms with Crippen LogP contribution in [0.3, 0.4) is 0 Å². The van der Waals surface area contributed by atoms with Crippen LogP contribution in [0.25, 0.3) is 0 Å². The molecule has 0 spiro atoms. The van der Waals surface area contributed by atoms with Gasteiger partial charge in [0.15, 0.2) is 0 Å². The molecule has 0 unspecified atom stereocenters. The Hall–Kier alpha value is -1.92. The largest absolute Gasteiger partial charge is 0.492 e. The molecule has 0 bridgehead atoms. The van der Waals surface area contributed by atoms with Crippen LogP contribution in [0.15, 0.2) is 30.6 Å². The highest BCUT2D eigenvalue weighted by Crippen LogP contribution is 2.17. The zero-order valence-corrected chi connectivity index (χ0v) is 11.4. The highest BCUT2D eigenvalue weighted by molar-refractivity contribution is 5.32. The van der Waals surface area contributed by atoms with Gasteiger partial charge in [-0.1, -0.05) is 18.2 Å². The molecule has 6 heteroatoms. The normalized spacial score (nSPS) is 15.1. The average Bonchev–Trinajstić information content (AvgIpc) is 2.95. The van der Waals surface area contributed by atoms with Crippen molar-refractivity contribution in [1.29, 1.82) is 0 Å². The first kappa shape index (κ1) is 13.1. The zero-order chi connectivity index (χ0) is 13.8. The summed E-state index contributed by atoms with van der Waals surface area (Å²) in [5.74, 6) is 1.91. The molecule has 1 aliphatic heterocycles. The number of nitrogens with zero attached hydrogens (tertiary/aromatic N) is 4. The number of aromatic nitrogens is 3. The number of hydrogen-bond donors (Lipinski definition) is 1. The van der Waals surface area contributed by atoms with E-state index in [1.165, 1.54) is 0 Å². The molecule has 2 heterocycles. The van der Waals surface area contributed by atoms with E-state index in [0.29, 0.717) is 13.2 Å². The van der Waals surface area contributed by atoms with Crippen molar-refractivity contribution in [2.24, 2.45) is 5.73 Å². The maximum atomic E-state index is 5.84. The Balaban J connectivity index is 1.51. The third kappa shape index (κ3) is 2.81. The predicted octanol–water partition coefficient (Wildman–Crippen LogP) is 0.631. The number of benzene rings is 1. The molecular weight excluding hydrogens is 254 g/mol. The fourth-order valence-corrected chi connectivity index (χ4v) is 2.41. The molecule has 106 valence electrons. The first-order chi connectivity index (χ1) is 9.86. The van der Waals surface area contributed by atoms with Crippen LogP contribution in [0, 0.1) is 0 Å². The molecule has 0 radical (unpaired) electrons. The zero-order valence-electron chi connectivity index (χ0n) is 11.4. The summed E-state index contributed by atoms with van der Waals surface area (Å²) in [6.07, 6.45) is 1.79. The monoisotopic (exact) mass is 273 g/mol. The smallest absolute Gasteiger partial charge is 0.147 e. The molecule has 2 aromatic rings. The third-order valence-electron chi connectivity index (χ3n) is 3.58. The van der Waals surface area contributed by atoms with E-state index in [2.05, 4.69) is 19.7 Å². The summed E-state index contributed by atoms with van der Waals surface area (Å²) in [5.41, 5.74) is 6.75. The summed E-state index contributed by atoms with van der Waals surface area (Å²) in [7, 11) is 0. The van der Waals surface area contributed by atoms with E-state index >= 15 is 0 Å². The Morgan fingerprint density at radius 1 is 1.25 bits per heavy atom.